The van der Waals surface area contributed by atoms with Crippen molar-refractivity contribution in [3.05, 3.63) is 30.9 Å². The number of ether oxygens (including phenoxy) is 1. The van der Waals surface area contributed by atoms with E-state index in [1.807, 2.05) is 16.9 Å². The van der Waals surface area contributed by atoms with E-state index in [2.05, 4.69) is 24.8 Å². The van der Waals surface area contributed by atoms with Gasteiger partial charge in [0.15, 0.2) is 5.75 Å². The van der Waals surface area contributed by atoms with Crippen molar-refractivity contribution >= 4 is 34.1 Å². The minimum Gasteiger partial charge on any atom is -0.493 e. The van der Waals surface area contributed by atoms with Crippen molar-refractivity contribution in [2.75, 3.05) is 12.4 Å². The third-order valence-corrected chi connectivity index (χ3v) is 4.95. The highest BCUT2D eigenvalue weighted by Gasteiger charge is 2.41. The van der Waals surface area contributed by atoms with Gasteiger partial charge in [-0.25, -0.2) is 9.97 Å². The lowest BCUT2D eigenvalue weighted by Gasteiger charge is -2.08. The fourth-order valence-electron chi connectivity index (χ4n) is 2.33. The number of halogens is 1. The number of rotatable bonds is 6. The van der Waals surface area contributed by atoms with E-state index in [9.17, 15) is 0 Å². The normalized spacial score (nSPS) is 15.2. The second-order valence-electron chi connectivity index (χ2n) is 5.69. The summed E-state index contributed by atoms with van der Waals surface area (Å²) < 4.78 is 11.3. The quantitative estimate of drug-likeness (QED) is 0.678. The molecule has 0 radical (unpaired) electrons. The molecule has 24 heavy (non-hydrogen) atoms. The lowest BCUT2D eigenvalue weighted by molar-refractivity contribution is 0.413. The number of nitrogens with one attached hydrogen (secondary N) is 1. The van der Waals surface area contributed by atoms with E-state index in [1.54, 1.807) is 25.7 Å². The molecule has 3 aromatic heterocycles. The molecular weight excluding hydrogens is 348 g/mol. The summed E-state index contributed by atoms with van der Waals surface area (Å²) in [7, 11) is 1.60. The van der Waals surface area contributed by atoms with Crippen LogP contribution >= 0.6 is 23.1 Å². The number of nitrogens with zero attached hydrogens (tertiary/aromatic N) is 5. The molecule has 1 aliphatic rings. The number of hydrogen-bond donors (Lipinski definition) is 1. The summed E-state index contributed by atoms with van der Waals surface area (Å²) in [5.41, 5.74) is 1.55. The van der Waals surface area contributed by atoms with Gasteiger partial charge in [-0.2, -0.15) is 9.47 Å². The third kappa shape index (κ3) is 3.20. The zero-order valence-corrected chi connectivity index (χ0v) is 14.5. The van der Waals surface area contributed by atoms with Crippen molar-refractivity contribution in [1.82, 2.24) is 24.1 Å². The van der Waals surface area contributed by atoms with E-state index >= 15 is 0 Å². The van der Waals surface area contributed by atoms with Crippen LogP contribution in [0.5, 0.6) is 5.75 Å². The molecule has 3 aromatic rings. The van der Waals surface area contributed by atoms with E-state index < -0.39 is 0 Å². The van der Waals surface area contributed by atoms with Crippen LogP contribution in [-0.2, 0) is 6.54 Å². The summed E-state index contributed by atoms with van der Waals surface area (Å²) in [4.78, 5) is 8.70. The van der Waals surface area contributed by atoms with Crippen LogP contribution in [0.4, 0.5) is 10.9 Å². The van der Waals surface area contributed by atoms with E-state index in [-0.39, 0.29) is 4.87 Å². The first-order valence-corrected chi connectivity index (χ1v) is 8.61. The lowest BCUT2D eigenvalue weighted by Crippen LogP contribution is -2.11. The maximum atomic E-state index is 6.37. The van der Waals surface area contributed by atoms with Gasteiger partial charge in [0, 0.05) is 18.0 Å². The molecule has 124 valence electrons. The van der Waals surface area contributed by atoms with Crippen molar-refractivity contribution in [2.24, 2.45) is 0 Å². The molecule has 0 saturated heterocycles. The summed E-state index contributed by atoms with van der Waals surface area (Å²) in [6.07, 6.45) is 9.13. The summed E-state index contributed by atoms with van der Waals surface area (Å²) in [6, 6.07) is 1.87. The highest BCUT2D eigenvalue weighted by Crippen LogP contribution is 2.44. The van der Waals surface area contributed by atoms with Gasteiger partial charge in [-0.1, -0.05) is 0 Å². The molecule has 1 saturated carbocycles. The smallest absolute Gasteiger partial charge is 0.228 e. The lowest BCUT2D eigenvalue weighted by atomic mass is 10.2. The molecule has 0 aliphatic heterocycles. The monoisotopic (exact) mass is 362 g/mol. The van der Waals surface area contributed by atoms with Gasteiger partial charge in [-0.3, -0.25) is 4.68 Å². The molecule has 0 amide bonds. The standard InChI is InChI=1S/C15H15ClN6OS/c1-23-11-7-17-14(20-12-2-5-19-24-12)21-13(11)10-6-18-22(8-10)9-15(16)3-4-15/h2,5-8H,3-4,9H2,1H3,(H,17,20,21). The van der Waals surface area contributed by atoms with Gasteiger partial charge in [0.1, 0.15) is 10.7 Å². The van der Waals surface area contributed by atoms with Gasteiger partial charge >= 0.3 is 0 Å². The first kappa shape index (κ1) is 15.3. The molecule has 1 N–H and O–H groups in total. The molecule has 0 unspecified atom stereocenters. The topological polar surface area (TPSA) is 77.8 Å². The van der Waals surface area contributed by atoms with E-state index in [4.69, 9.17) is 16.3 Å². The number of hydrogen-bond acceptors (Lipinski definition) is 7. The summed E-state index contributed by atoms with van der Waals surface area (Å²) in [5.74, 6) is 1.08. The molecule has 9 heteroatoms. The Morgan fingerprint density at radius 2 is 2.29 bits per heavy atom. The van der Waals surface area contributed by atoms with Crippen LogP contribution in [0.25, 0.3) is 11.3 Å². The fourth-order valence-corrected chi connectivity index (χ4v) is 3.04. The average Bonchev–Trinajstić information content (AvgIpc) is 2.97. The van der Waals surface area contributed by atoms with Crippen LogP contribution < -0.4 is 10.1 Å². The zero-order valence-electron chi connectivity index (χ0n) is 12.9. The van der Waals surface area contributed by atoms with Crippen LogP contribution in [0.1, 0.15) is 12.8 Å². The maximum absolute atomic E-state index is 6.37. The molecule has 1 fully saturated rings. The average molecular weight is 363 g/mol. The Bertz CT molecular complexity index is 846. The molecule has 3 heterocycles. The largest absolute Gasteiger partial charge is 0.493 e. The molecule has 0 spiro atoms. The predicted molar refractivity (Wildman–Crippen MR) is 93.0 cm³/mol. The molecular formula is C15H15ClN6OS. The van der Waals surface area contributed by atoms with Gasteiger partial charge < -0.3 is 10.1 Å². The first-order chi connectivity index (χ1) is 11.6. The molecule has 4 rings (SSSR count). The van der Waals surface area contributed by atoms with Crippen molar-refractivity contribution < 1.29 is 4.74 Å². The maximum Gasteiger partial charge on any atom is 0.228 e. The Hall–Kier alpha value is -2.19. The Morgan fingerprint density at radius 3 is 3.00 bits per heavy atom. The molecule has 7 nitrogen and oxygen atoms in total. The van der Waals surface area contributed by atoms with Crippen LogP contribution in [0.15, 0.2) is 30.9 Å². The number of aromatic nitrogens is 5. The van der Waals surface area contributed by atoms with Gasteiger partial charge in [-0.05, 0) is 30.4 Å². The molecule has 0 atom stereocenters. The van der Waals surface area contributed by atoms with Gasteiger partial charge in [0.25, 0.3) is 0 Å². The van der Waals surface area contributed by atoms with Gasteiger partial charge in [0.2, 0.25) is 5.95 Å². The third-order valence-electron chi connectivity index (χ3n) is 3.79. The van der Waals surface area contributed by atoms with E-state index in [1.165, 1.54) is 11.5 Å². The van der Waals surface area contributed by atoms with Crippen LogP contribution in [0.2, 0.25) is 0 Å². The zero-order chi connectivity index (χ0) is 16.6. The summed E-state index contributed by atoms with van der Waals surface area (Å²) in [5, 5.41) is 8.39. The second-order valence-corrected chi connectivity index (χ2v) is 7.32. The highest BCUT2D eigenvalue weighted by atomic mass is 35.5. The highest BCUT2D eigenvalue weighted by molar-refractivity contribution is 7.10. The minimum absolute atomic E-state index is 0.127. The van der Waals surface area contributed by atoms with Gasteiger partial charge in [-0.15, -0.1) is 11.6 Å². The van der Waals surface area contributed by atoms with Crippen molar-refractivity contribution in [3.63, 3.8) is 0 Å². The van der Waals surface area contributed by atoms with Crippen LogP contribution in [0, 0.1) is 0 Å². The van der Waals surface area contributed by atoms with Crippen molar-refractivity contribution in [2.45, 2.75) is 24.3 Å². The molecule has 1 aliphatic carbocycles. The number of anilines is 2. The summed E-state index contributed by atoms with van der Waals surface area (Å²) in [6.45, 7) is 0.702. The van der Waals surface area contributed by atoms with E-state index in [0.29, 0.717) is 23.9 Å². The van der Waals surface area contributed by atoms with Gasteiger partial charge in [0.05, 0.1) is 30.9 Å². The van der Waals surface area contributed by atoms with Crippen LogP contribution in [0.3, 0.4) is 0 Å². The Kier molecular flexibility index (Phi) is 3.85. The van der Waals surface area contributed by atoms with E-state index in [0.717, 1.165) is 23.4 Å². The number of methoxy groups -OCH3 is 1. The fraction of sp³-hybridized carbons (Fsp3) is 0.333. The van der Waals surface area contributed by atoms with Crippen molar-refractivity contribution in [1.29, 1.82) is 0 Å². The Morgan fingerprint density at radius 1 is 1.42 bits per heavy atom. The summed E-state index contributed by atoms with van der Waals surface area (Å²) >= 11 is 7.71. The Labute approximate surface area is 147 Å². The van der Waals surface area contributed by atoms with Crippen molar-refractivity contribution in [3.8, 4) is 17.0 Å². The Balaban J connectivity index is 1.62. The minimum atomic E-state index is -0.127. The molecule has 0 bridgehead atoms. The molecule has 0 aromatic carbocycles. The SMILES string of the molecule is COc1cnc(Nc2ccns2)nc1-c1cnn(CC2(Cl)CC2)c1. The van der Waals surface area contributed by atoms with Crippen LogP contribution in [-0.4, -0.2) is 36.1 Å². The number of alkyl halides is 1. The predicted octanol–water partition coefficient (Wildman–Crippen LogP) is 3.32. The second kappa shape index (κ2) is 6.03. The first-order valence-electron chi connectivity index (χ1n) is 7.46.